The zero-order valence-corrected chi connectivity index (χ0v) is 10.0. The van der Waals surface area contributed by atoms with E-state index in [1.165, 1.54) is 0 Å². The van der Waals surface area contributed by atoms with E-state index < -0.39 is 15.3 Å². The van der Waals surface area contributed by atoms with Crippen LogP contribution in [0, 0.1) is 3.57 Å². The zero-order valence-electron chi connectivity index (χ0n) is 7.07. The summed E-state index contributed by atoms with van der Waals surface area (Å²) in [4.78, 5) is 0. The standard InChI is InChI=1S/C8H10INO2S/c1-6(13(10,11)12)7-4-2-3-5-8(7)9/h2-6H,1H3,(H2,10,11,12). The molecular formula is C8H10INO2S. The van der Waals surface area contributed by atoms with E-state index in [0.29, 0.717) is 0 Å². The lowest BCUT2D eigenvalue weighted by Crippen LogP contribution is -2.19. The molecule has 0 saturated carbocycles. The number of hydrogen-bond acceptors (Lipinski definition) is 2. The minimum Gasteiger partial charge on any atom is -0.228 e. The maximum absolute atomic E-state index is 11.1. The normalized spacial score (nSPS) is 14.1. The maximum atomic E-state index is 11.1. The van der Waals surface area contributed by atoms with Crippen LogP contribution in [0.1, 0.15) is 17.7 Å². The van der Waals surface area contributed by atoms with Crippen LogP contribution in [-0.4, -0.2) is 8.42 Å². The molecule has 3 nitrogen and oxygen atoms in total. The zero-order chi connectivity index (χ0) is 10.1. The topological polar surface area (TPSA) is 60.2 Å². The van der Waals surface area contributed by atoms with Crippen LogP contribution in [-0.2, 0) is 10.0 Å². The number of hydrogen-bond donors (Lipinski definition) is 1. The van der Waals surface area contributed by atoms with E-state index in [1.54, 1.807) is 19.1 Å². The molecule has 2 N–H and O–H groups in total. The lowest BCUT2D eigenvalue weighted by Gasteiger charge is -2.10. The number of benzene rings is 1. The highest BCUT2D eigenvalue weighted by Crippen LogP contribution is 2.23. The van der Waals surface area contributed by atoms with Crippen LogP contribution in [0.5, 0.6) is 0 Å². The predicted octanol–water partition coefficient (Wildman–Crippen LogP) is 1.64. The molecule has 1 unspecified atom stereocenters. The minimum atomic E-state index is -3.48. The molecule has 0 saturated heterocycles. The molecule has 13 heavy (non-hydrogen) atoms. The van der Waals surface area contributed by atoms with Gasteiger partial charge in [0.1, 0.15) is 0 Å². The Morgan fingerprint density at radius 1 is 1.38 bits per heavy atom. The number of rotatable bonds is 2. The van der Waals surface area contributed by atoms with Crippen LogP contribution in [0.2, 0.25) is 0 Å². The molecule has 1 aromatic carbocycles. The van der Waals surface area contributed by atoms with E-state index in [9.17, 15) is 8.42 Å². The summed E-state index contributed by atoms with van der Waals surface area (Å²) < 4.78 is 23.0. The summed E-state index contributed by atoms with van der Waals surface area (Å²) in [7, 11) is -3.48. The van der Waals surface area contributed by atoms with Gasteiger partial charge in [0.05, 0.1) is 5.25 Å². The van der Waals surface area contributed by atoms with Crippen molar-refractivity contribution >= 4 is 32.6 Å². The van der Waals surface area contributed by atoms with E-state index in [1.807, 2.05) is 12.1 Å². The maximum Gasteiger partial charge on any atom is 0.215 e. The van der Waals surface area contributed by atoms with Crippen LogP contribution in [0.4, 0.5) is 0 Å². The van der Waals surface area contributed by atoms with Crippen molar-refractivity contribution in [3.63, 3.8) is 0 Å². The average molecular weight is 311 g/mol. The molecule has 0 radical (unpaired) electrons. The van der Waals surface area contributed by atoms with Gasteiger partial charge in [-0.2, -0.15) is 0 Å². The first-order valence-electron chi connectivity index (χ1n) is 3.69. The molecule has 0 amide bonds. The molecule has 0 aliphatic heterocycles. The number of nitrogens with two attached hydrogens (primary N) is 1. The van der Waals surface area contributed by atoms with Gasteiger partial charge in [-0.25, -0.2) is 13.6 Å². The summed E-state index contributed by atoms with van der Waals surface area (Å²) in [6.07, 6.45) is 0. The van der Waals surface area contributed by atoms with E-state index in [-0.39, 0.29) is 0 Å². The number of primary sulfonamides is 1. The van der Waals surface area contributed by atoms with Gasteiger partial charge in [0.25, 0.3) is 0 Å². The summed E-state index contributed by atoms with van der Waals surface area (Å²) in [5.74, 6) is 0. The quantitative estimate of drug-likeness (QED) is 0.844. The summed E-state index contributed by atoms with van der Waals surface area (Å²) in [6.45, 7) is 1.59. The predicted molar refractivity (Wildman–Crippen MR) is 60.7 cm³/mol. The first-order chi connectivity index (χ1) is 5.93. The largest absolute Gasteiger partial charge is 0.228 e. The van der Waals surface area contributed by atoms with Gasteiger partial charge in [-0.3, -0.25) is 0 Å². The lowest BCUT2D eigenvalue weighted by molar-refractivity contribution is 0.588. The third-order valence-electron chi connectivity index (χ3n) is 1.84. The van der Waals surface area contributed by atoms with Gasteiger partial charge in [0.15, 0.2) is 0 Å². The van der Waals surface area contributed by atoms with Crippen LogP contribution in [0.15, 0.2) is 24.3 Å². The van der Waals surface area contributed by atoms with Crippen molar-refractivity contribution in [1.29, 1.82) is 0 Å². The Kier molecular flexibility index (Phi) is 3.31. The molecule has 1 rings (SSSR count). The Balaban J connectivity index is 3.17. The second-order valence-corrected chi connectivity index (χ2v) is 5.80. The molecule has 0 bridgehead atoms. The molecule has 0 fully saturated rings. The highest BCUT2D eigenvalue weighted by molar-refractivity contribution is 14.1. The fraction of sp³-hybridized carbons (Fsp3) is 0.250. The molecule has 5 heteroatoms. The molecule has 0 spiro atoms. The van der Waals surface area contributed by atoms with Crippen LogP contribution in [0.25, 0.3) is 0 Å². The Morgan fingerprint density at radius 2 is 1.92 bits per heavy atom. The van der Waals surface area contributed by atoms with Crippen molar-refractivity contribution in [1.82, 2.24) is 0 Å². The molecule has 72 valence electrons. The summed E-state index contributed by atoms with van der Waals surface area (Å²) >= 11 is 2.10. The van der Waals surface area contributed by atoms with Crippen molar-refractivity contribution < 1.29 is 8.42 Å². The van der Waals surface area contributed by atoms with Crippen molar-refractivity contribution in [3.05, 3.63) is 33.4 Å². The van der Waals surface area contributed by atoms with Crippen molar-refractivity contribution in [2.45, 2.75) is 12.2 Å². The Hall–Kier alpha value is -0.140. The molecule has 1 atom stereocenters. The van der Waals surface area contributed by atoms with Gasteiger partial charge >= 0.3 is 0 Å². The minimum absolute atomic E-state index is 0.638. The second kappa shape index (κ2) is 3.93. The van der Waals surface area contributed by atoms with Gasteiger partial charge in [0.2, 0.25) is 10.0 Å². The van der Waals surface area contributed by atoms with E-state index in [2.05, 4.69) is 22.6 Å². The monoisotopic (exact) mass is 311 g/mol. The number of sulfonamides is 1. The summed E-state index contributed by atoms with van der Waals surface area (Å²) in [5.41, 5.74) is 0.755. The molecule has 0 heterocycles. The van der Waals surface area contributed by atoms with E-state index in [4.69, 9.17) is 5.14 Å². The first kappa shape index (κ1) is 10.9. The van der Waals surface area contributed by atoms with E-state index in [0.717, 1.165) is 9.13 Å². The van der Waals surface area contributed by atoms with Gasteiger partial charge in [-0.15, -0.1) is 0 Å². The Morgan fingerprint density at radius 3 is 2.38 bits per heavy atom. The van der Waals surface area contributed by atoms with Crippen molar-refractivity contribution in [2.24, 2.45) is 5.14 Å². The highest BCUT2D eigenvalue weighted by Gasteiger charge is 2.19. The lowest BCUT2D eigenvalue weighted by atomic mass is 10.2. The first-order valence-corrected chi connectivity index (χ1v) is 6.38. The van der Waals surface area contributed by atoms with Crippen LogP contribution < -0.4 is 5.14 Å². The fourth-order valence-electron chi connectivity index (χ4n) is 0.982. The third kappa shape index (κ3) is 2.65. The SMILES string of the molecule is CC(c1ccccc1I)S(N)(=O)=O. The number of halogens is 1. The van der Waals surface area contributed by atoms with Gasteiger partial charge < -0.3 is 0 Å². The average Bonchev–Trinajstić information content (AvgIpc) is 2.02. The van der Waals surface area contributed by atoms with Gasteiger partial charge in [-0.05, 0) is 41.1 Å². The Bertz CT molecular complexity index is 402. The molecular weight excluding hydrogens is 301 g/mol. The summed E-state index contributed by atoms with van der Waals surface area (Å²) in [5, 5.41) is 4.41. The Labute approximate surface area is 91.5 Å². The highest BCUT2D eigenvalue weighted by atomic mass is 127. The smallest absolute Gasteiger partial charge is 0.215 e. The van der Waals surface area contributed by atoms with Crippen LogP contribution in [0.3, 0.4) is 0 Å². The van der Waals surface area contributed by atoms with Crippen molar-refractivity contribution in [2.75, 3.05) is 0 Å². The van der Waals surface area contributed by atoms with Gasteiger partial charge in [0, 0.05) is 3.57 Å². The van der Waals surface area contributed by atoms with Crippen molar-refractivity contribution in [3.8, 4) is 0 Å². The summed E-state index contributed by atoms with van der Waals surface area (Å²) in [6, 6.07) is 7.30. The molecule has 0 aliphatic rings. The molecule has 0 aliphatic carbocycles. The van der Waals surface area contributed by atoms with Gasteiger partial charge in [-0.1, -0.05) is 18.2 Å². The molecule has 0 aromatic heterocycles. The second-order valence-electron chi connectivity index (χ2n) is 2.75. The molecule has 1 aromatic rings. The third-order valence-corrected chi connectivity index (χ3v) is 4.06. The van der Waals surface area contributed by atoms with Crippen LogP contribution >= 0.6 is 22.6 Å². The fourth-order valence-corrected chi connectivity index (χ4v) is 2.61. The van der Waals surface area contributed by atoms with E-state index >= 15 is 0 Å².